The zero-order valence-corrected chi connectivity index (χ0v) is 5.29. The fourth-order valence-corrected chi connectivity index (χ4v) is 0. The molecule has 0 saturated heterocycles. The number of quaternary nitrogens is 1. The van der Waals surface area contributed by atoms with Gasteiger partial charge in [0.25, 0.3) is 0 Å². The largest absolute Gasteiger partial charge is 0.696 e. The molecule has 3 heteroatoms. The van der Waals surface area contributed by atoms with Crippen molar-refractivity contribution in [2.45, 2.75) is 13.3 Å². The van der Waals surface area contributed by atoms with E-state index in [1.807, 2.05) is 0 Å². The van der Waals surface area contributed by atoms with Crippen molar-refractivity contribution in [1.82, 2.24) is 0 Å². The smallest absolute Gasteiger partial charge is 0.0737 e. The van der Waals surface area contributed by atoms with E-state index in [-0.39, 0.29) is 0 Å². The minimum Gasteiger partial charge on any atom is -0.696 e. The summed E-state index contributed by atoms with van der Waals surface area (Å²) in [5, 5.41) is 8.47. The van der Waals surface area contributed by atoms with Gasteiger partial charge in [-0.3, -0.25) is 0 Å². The van der Waals surface area contributed by atoms with E-state index in [0.717, 1.165) is 6.54 Å². The molecule has 0 saturated carbocycles. The molecule has 0 aliphatic rings. The van der Waals surface area contributed by atoms with Gasteiger partial charge in [0.1, 0.15) is 0 Å². The Bertz CT molecular complexity index is 46.1. The molecule has 0 atom stereocenters. The summed E-state index contributed by atoms with van der Waals surface area (Å²) in [5.74, 6) is 0. The quantitative estimate of drug-likeness (QED) is 0.378. The van der Waals surface area contributed by atoms with Crippen LogP contribution >= 0.6 is 0 Å². The van der Waals surface area contributed by atoms with Crippen LogP contribution in [0, 0.1) is 10.7 Å². The van der Waals surface area contributed by atoms with Crippen molar-refractivity contribution in [2.75, 3.05) is 6.54 Å². The number of nitrogens with zero attached hydrogens (tertiary/aromatic N) is 1. The lowest BCUT2D eigenvalue weighted by molar-refractivity contribution is -0.367. The molecule has 0 aliphatic heterocycles. The Morgan fingerprint density at radius 3 is 2.00 bits per heavy atom. The summed E-state index contributed by atoms with van der Waals surface area (Å²) < 4.78 is 0. The molecule has 0 fully saturated rings. The van der Waals surface area contributed by atoms with Crippen LogP contribution in [-0.4, -0.2) is 6.54 Å². The van der Waals surface area contributed by atoms with Crippen molar-refractivity contribution in [3.63, 3.8) is 0 Å². The summed E-state index contributed by atoms with van der Waals surface area (Å²) in [6.45, 7) is 3.19. The van der Waals surface area contributed by atoms with Gasteiger partial charge in [-0.25, -0.2) is 5.26 Å². The van der Waals surface area contributed by atoms with Crippen LogP contribution in [-0.2, 0) is 12.6 Å². The van der Waals surface area contributed by atoms with Crippen LogP contribution in [0.5, 0.6) is 0 Å². The Balaban J connectivity index is 0. The first-order chi connectivity index (χ1) is 3.33. The van der Waals surface area contributed by atoms with Gasteiger partial charge in [-0.05, 0) is 6.42 Å². The molecule has 0 bridgehead atoms. The molecule has 0 aliphatic carbocycles. The van der Waals surface area contributed by atoms with E-state index >= 15 is 0 Å². The lowest BCUT2D eigenvalue weighted by Gasteiger charge is -1.66. The highest BCUT2D eigenvalue weighted by Gasteiger charge is 1.59. The lowest BCUT2D eigenvalue weighted by Crippen LogP contribution is -2.49. The maximum Gasteiger partial charge on any atom is 0.0737 e. The summed E-state index contributed by atoms with van der Waals surface area (Å²) in [4.78, 5) is 0. The van der Waals surface area contributed by atoms with Gasteiger partial charge >= 0.3 is 0 Å². The van der Waals surface area contributed by atoms with Crippen molar-refractivity contribution >= 4 is 12.6 Å². The summed E-state index contributed by atoms with van der Waals surface area (Å²) >= 11 is 3.70. The molecule has 0 spiro atoms. The van der Waals surface area contributed by atoms with Gasteiger partial charge in [-0.2, -0.15) is 0 Å². The molecular weight excluding hydrogens is 108 g/mol. The van der Waals surface area contributed by atoms with Crippen LogP contribution in [0.2, 0.25) is 0 Å². The third-order valence-electron chi connectivity index (χ3n) is 0.354. The van der Waals surface area contributed by atoms with E-state index in [0.29, 0.717) is 0 Å². The summed E-state index contributed by atoms with van der Waals surface area (Å²) in [6.07, 6.45) is 1.21. The van der Waals surface area contributed by atoms with Crippen LogP contribution in [0.25, 0.3) is 0 Å². The van der Waals surface area contributed by atoms with Crippen molar-refractivity contribution in [3.05, 3.63) is 0 Å². The Labute approximate surface area is 49.7 Å². The van der Waals surface area contributed by atoms with Crippen LogP contribution in [0.1, 0.15) is 13.3 Å². The highest BCUT2D eigenvalue weighted by Crippen LogP contribution is 1.54. The van der Waals surface area contributed by atoms with Crippen LogP contribution in [0.15, 0.2) is 0 Å². The van der Waals surface area contributed by atoms with Crippen LogP contribution in [0.4, 0.5) is 0 Å². The predicted octanol–water partition coefficient (Wildman–Crippen LogP) is -0.347. The molecule has 0 aromatic heterocycles. The monoisotopic (exact) mass is 118 g/mol. The van der Waals surface area contributed by atoms with E-state index in [9.17, 15) is 0 Å². The average Bonchev–Trinajstić information content (AvgIpc) is 1.69. The Kier molecular flexibility index (Phi) is 24.4. The van der Waals surface area contributed by atoms with Gasteiger partial charge in [-0.15, -0.1) is 0 Å². The highest BCUT2D eigenvalue weighted by molar-refractivity contribution is 7.64. The van der Waals surface area contributed by atoms with E-state index in [1.54, 1.807) is 0 Å². The van der Waals surface area contributed by atoms with Crippen molar-refractivity contribution in [1.29, 1.82) is 5.26 Å². The predicted molar refractivity (Wildman–Crippen MR) is 31.0 cm³/mol. The third-order valence-corrected chi connectivity index (χ3v) is 0.354. The van der Waals surface area contributed by atoms with E-state index in [2.05, 4.69) is 25.3 Å². The Morgan fingerprint density at radius 1 is 1.86 bits per heavy atom. The first kappa shape index (κ1) is 9.83. The number of thiocyanates is 1. The maximum absolute atomic E-state index is 7.13. The topological polar surface area (TPSA) is 51.4 Å². The van der Waals surface area contributed by atoms with Gasteiger partial charge in [0.15, 0.2) is 0 Å². The molecule has 7 heavy (non-hydrogen) atoms. The molecule has 0 radical (unpaired) electrons. The molecular formula is C4H10N2S. The molecule has 0 rings (SSSR count). The zero-order valence-electron chi connectivity index (χ0n) is 4.48. The average molecular weight is 118 g/mol. The molecule has 0 heterocycles. The maximum atomic E-state index is 7.13. The fourth-order valence-electron chi connectivity index (χ4n) is 0. The molecule has 0 amide bonds. The van der Waals surface area contributed by atoms with E-state index in [1.165, 1.54) is 11.8 Å². The van der Waals surface area contributed by atoms with Gasteiger partial charge in [0, 0.05) is 0 Å². The second kappa shape index (κ2) is 17.3. The van der Waals surface area contributed by atoms with Gasteiger partial charge in [0.05, 0.1) is 6.54 Å². The van der Waals surface area contributed by atoms with Crippen molar-refractivity contribution < 1.29 is 5.73 Å². The first-order valence-electron chi connectivity index (χ1n) is 2.13. The molecule has 3 N–H and O–H groups in total. The van der Waals surface area contributed by atoms with Gasteiger partial charge < -0.3 is 18.4 Å². The van der Waals surface area contributed by atoms with E-state index in [4.69, 9.17) is 5.26 Å². The molecule has 2 nitrogen and oxygen atoms in total. The third kappa shape index (κ3) is 170. The van der Waals surface area contributed by atoms with Crippen LogP contribution < -0.4 is 5.73 Å². The standard InChI is InChI=1S/C3H9N.CHNS/c1-2-3-4;2-1-3/h2-4H2,1H3;3H. The lowest BCUT2D eigenvalue weighted by atomic mass is 10.5. The summed E-state index contributed by atoms with van der Waals surface area (Å²) in [5.41, 5.74) is 3.60. The summed E-state index contributed by atoms with van der Waals surface area (Å²) in [7, 11) is 0. The van der Waals surface area contributed by atoms with Gasteiger partial charge in [-0.1, -0.05) is 12.3 Å². The van der Waals surface area contributed by atoms with Crippen molar-refractivity contribution in [2.24, 2.45) is 0 Å². The Morgan fingerprint density at radius 2 is 2.00 bits per heavy atom. The highest BCUT2D eigenvalue weighted by atomic mass is 32.1. The molecule has 42 valence electrons. The second-order valence-electron chi connectivity index (χ2n) is 0.945. The molecule has 0 unspecified atom stereocenters. The fraction of sp³-hybridized carbons (Fsp3) is 0.750. The summed E-state index contributed by atoms with van der Waals surface area (Å²) in [6, 6.07) is 0. The number of hydrogen-bond acceptors (Lipinski definition) is 2. The normalized spacial score (nSPS) is 5.29. The Hall–Kier alpha value is -0.330. The second-order valence-corrected chi connectivity index (χ2v) is 1.13. The molecule has 0 aromatic carbocycles. The van der Waals surface area contributed by atoms with Crippen molar-refractivity contribution in [3.8, 4) is 5.40 Å². The van der Waals surface area contributed by atoms with Gasteiger partial charge in [0.2, 0.25) is 0 Å². The zero-order chi connectivity index (χ0) is 6.12. The molecule has 0 aromatic rings. The number of nitriles is 1. The SMILES string of the molecule is CCC[NH3+].N#C[S-]. The number of hydrogen-bond donors (Lipinski definition) is 1. The first-order valence-corrected chi connectivity index (χ1v) is 2.54. The minimum atomic E-state index is 1.07. The van der Waals surface area contributed by atoms with E-state index < -0.39 is 0 Å². The van der Waals surface area contributed by atoms with Crippen LogP contribution in [0.3, 0.4) is 0 Å². The minimum absolute atomic E-state index is 1.07. The number of rotatable bonds is 1.